The summed E-state index contributed by atoms with van der Waals surface area (Å²) in [5.41, 5.74) is 2.44. The van der Waals surface area contributed by atoms with Crippen molar-refractivity contribution in [3.63, 3.8) is 0 Å². The highest BCUT2D eigenvalue weighted by Gasteiger charge is 2.31. The van der Waals surface area contributed by atoms with Crippen molar-refractivity contribution in [2.24, 2.45) is 4.99 Å². The number of aryl methyl sites for hydroxylation is 1. The number of amides is 1. The summed E-state index contributed by atoms with van der Waals surface area (Å²) >= 11 is 0. The summed E-state index contributed by atoms with van der Waals surface area (Å²) in [5, 5.41) is 6.77. The number of unbranched alkanes of at least 4 members (excludes halogenated alkanes) is 1. The number of aliphatic imine (C=N–C) groups is 1. The Kier molecular flexibility index (Phi) is 8.58. The quantitative estimate of drug-likeness (QED) is 0.417. The van der Waals surface area contributed by atoms with Crippen molar-refractivity contribution in [3.8, 4) is 0 Å². The lowest BCUT2D eigenvalue weighted by molar-refractivity contribution is -0.140. The van der Waals surface area contributed by atoms with Gasteiger partial charge >= 0.3 is 0 Å². The summed E-state index contributed by atoms with van der Waals surface area (Å²) in [7, 11) is 3.54. The number of carbonyl (C=O) groups is 1. The molecule has 6 heteroatoms. The van der Waals surface area contributed by atoms with Crippen LogP contribution < -0.4 is 10.6 Å². The predicted molar refractivity (Wildman–Crippen MR) is 110 cm³/mol. The van der Waals surface area contributed by atoms with Crippen LogP contribution in [0.25, 0.3) is 0 Å². The Hall–Kier alpha value is -2.08. The molecule has 0 bridgehead atoms. The zero-order valence-electron chi connectivity index (χ0n) is 17.1. The fraction of sp³-hybridized carbons (Fsp3) is 0.619. The van der Waals surface area contributed by atoms with Gasteiger partial charge in [-0.15, -0.1) is 0 Å². The summed E-state index contributed by atoms with van der Waals surface area (Å²) < 4.78 is 5.90. The molecule has 1 aliphatic heterocycles. The number of nitrogens with one attached hydrogen (secondary N) is 2. The summed E-state index contributed by atoms with van der Waals surface area (Å²) in [6, 6.07) is 8.44. The smallest absolute Gasteiger partial charge is 0.251 e. The number of hydrogen-bond acceptors (Lipinski definition) is 3. The molecule has 0 aliphatic carbocycles. The summed E-state index contributed by atoms with van der Waals surface area (Å²) in [4.78, 5) is 18.3. The van der Waals surface area contributed by atoms with Crippen molar-refractivity contribution in [3.05, 3.63) is 35.4 Å². The Morgan fingerprint density at radius 2 is 1.96 bits per heavy atom. The monoisotopic (exact) mass is 374 g/mol. The molecule has 2 atom stereocenters. The SMILES string of the molecule is CCCCNC(=NCc1ccc(C)cc1)NCC1CCC(C(=O)N(C)C)O1. The molecular weight excluding hydrogens is 340 g/mol. The van der Waals surface area contributed by atoms with Crippen molar-refractivity contribution < 1.29 is 9.53 Å². The van der Waals surface area contributed by atoms with Gasteiger partial charge in [0.15, 0.2) is 5.96 Å². The van der Waals surface area contributed by atoms with Gasteiger partial charge in [0.1, 0.15) is 6.10 Å². The number of likely N-dealkylation sites (N-methyl/N-ethyl adjacent to an activating group) is 1. The fourth-order valence-electron chi connectivity index (χ4n) is 2.96. The molecule has 1 aromatic rings. The fourth-order valence-corrected chi connectivity index (χ4v) is 2.96. The van der Waals surface area contributed by atoms with Crippen LogP contribution in [0, 0.1) is 6.92 Å². The van der Waals surface area contributed by atoms with E-state index in [-0.39, 0.29) is 18.1 Å². The Balaban J connectivity index is 1.87. The third kappa shape index (κ3) is 7.21. The highest BCUT2D eigenvalue weighted by Crippen LogP contribution is 2.20. The van der Waals surface area contributed by atoms with E-state index in [4.69, 9.17) is 9.73 Å². The van der Waals surface area contributed by atoms with Gasteiger partial charge in [0, 0.05) is 27.2 Å². The largest absolute Gasteiger partial charge is 0.363 e. The van der Waals surface area contributed by atoms with Gasteiger partial charge in [-0.2, -0.15) is 0 Å². The highest BCUT2D eigenvalue weighted by atomic mass is 16.5. The molecule has 1 fully saturated rings. The van der Waals surface area contributed by atoms with Crippen LogP contribution in [0.4, 0.5) is 0 Å². The minimum atomic E-state index is -0.312. The topological polar surface area (TPSA) is 66.0 Å². The van der Waals surface area contributed by atoms with Gasteiger partial charge in [-0.05, 0) is 31.7 Å². The number of carbonyl (C=O) groups excluding carboxylic acids is 1. The van der Waals surface area contributed by atoms with Crippen LogP contribution in [-0.4, -0.2) is 56.2 Å². The first-order valence-corrected chi connectivity index (χ1v) is 9.94. The van der Waals surface area contributed by atoms with Crippen LogP contribution in [0.2, 0.25) is 0 Å². The second kappa shape index (κ2) is 10.9. The normalized spacial score (nSPS) is 19.8. The molecule has 0 aromatic heterocycles. The van der Waals surface area contributed by atoms with Crippen molar-refractivity contribution in [1.29, 1.82) is 0 Å². The number of guanidine groups is 1. The van der Waals surface area contributed by atoms with E-state index in [2.05, 4.69) is 48.7 Å². The number of rotatable bonds is 8. The van der Waals surface area contributed by atoms with E-state index in [1.807, 2.05) is 0 Å². The van der Waals surface area contributed by atoms with Crippen molar-refractivity contribution in [1.82, 2.24) is 15.5 Å². The molecule has 2 N–H and O–H groups in total. The minimum Gasteiger partial charge on any atom is -0.363 e. The van der Waals surface area contributed by atoms with Gasteiger partial charge in [-0.3, -0.25) is 4.79 Å². The molecule has 150 valence electrons. The maximum absolute atomic E-state index is 12.0. The van der Waals surface area contributed by atoms with E-state index in [1.165, 1.54) is 11.1 Å². The molecule has 1 heterocycles. The lowest BCUT2D eigenvalue weighted by atomic mass is 10.1. The van der Waals surface area contributed by atoms with Crippen molar-refractivity contribution >= 4 is 11.9 Å². The van der Waals surface area contributed by atoms with Gasteiger partial charge in [0.25, 0.3) is 5.91 Å². The molecule has 1 saturated heterocycles. The van der Waals surface area contributed by atoms with E-state index >= 15 is 0 Å². The number of nitrogens with zero attached hydrogens (tertiary/aromatic N) is 2. The first kappa shape index (κ1) is 21.2. The molecule has 0 spiro atoms. The number of ether oxygens (including phenoxy) is 1. The van der Waals surface area contributed by atoms with Gasteiger partial charge in [0.2, 0.25) is 0 Å². The Bertz CT molecular complexity index is 613. The molecule has 1 aliphatic rings. The van der Waals surface area contributed by atoms with E-state index in [9.17, 15) is 4.79 Å². The van der Waals surface area contributed by atoms with Crippen LogP contribution in [0.1, 0.15) is 43.7 Å². The lowest BCUT2D eigenvalue weighted by Gasteiger charge is -2.18. The average molecular weight is 375 g/mol. The third-order valence-electron chi connectivity index (χ3n) is 4.68. The maximum atomic E-state index is 12.0. The molecular formula is C21H34N4O2. The average Bonchev–Trinajstić information content (AvgIpc) is 3.13. The van der Waals surface area contributed by atoms with Gasteiger partial charge < -0.3 is 20.3 Å². The van der Waals surface area contributed by atoms with Gasteiger partial charge in [-0.25, -0.2) is 4.99 Å². The van der Waals surface area contributed by atoms with Crippen LogP contribution in [0.15, 0.2) is 29.3 Å². The zero-order chi connectivity index (χ0) is 19.6. The molecule has 0 radical (unpaired) electrons. The minimum absolute atomic E-state index is 0.0384. The highest BCUT2D eigenvalue weighted by molar-refractivity contribution is 5.81. The van der Waals surface area contributed by atoms with Crippen LogP contribution in [0.5, 0.6) is 0 Å². The Morgan fingerprint density at radius 3 is 2.63 bits per heavy atom. The molecule has 27 heavy (non-hydrogen) atoms. The van der Waals surface area contributed by atoms with Crippen LogP contribution in [0.3, 0.4) is 0 Å². The van der Waals surface area contributed by atoms with Gasteiger partial charge in [0.05, 0.1) is 12.6 Å². The molecule has 1 amide bonds. The molecule has 2 unspecified atom stereocenters. The van der Waals surface area contributed by atoms with Crippen molar-refractivity contribution in [2.75, 3.05) is 27.2 Å². The van der Waals surface area contributed by atoms with E-state index in [1.54, 1.807) is 19.0 Å². The number of hydrogen-bond donors (Lipinski definition) is 2. The van der Waals surface area contributed by atoms with Crippen LogP contribution in [-0.2, 0) is 16.1 Å². The van der Waals surface area contributed by atoms with E-state index in [0.29, 0.717) is 13.1 Å². The van der Waals surface area contributed by atoms with Crippen molar-refractivity contribution in [2.45, 2.75) is 58.3 Å². The summed E-state index contributed by atoms with van der Waals surface area (Å²) in [6.07, 6.45) is 3.63. The molecule has 2 rings (SSSR count). The number of benzene rings is 1. The zero-order valence-corrected chi connectivity index (χ0v) is 17.1. The second-order valence-corrected chi connectivity index (χ2v) is 7.37. The Morgan fingerprint density at radius 1 is 1.22 bits per heavy atom. The first-order chi connectivity index (χ1) is 13.0. The summed E-state index contributed by atoms with van der Waals surface area (Å²) in [5.74, 6) is 0.849. The predicted octanol–water partition coefficient (Wildman–Crippen LogP) is 2.47. The van der Waals surface area contributed by atoms with E-state index < -0.39 is 0 Å². The maximum Gasteiger partial charge on any atom is 0.251 e. The molecule has 6 nitrogen and oxygen atoms in total. The second-order valence-electron chi connectivity index (χ2n) is 7.37. The lowest BCUT2D eigenvalue weighted by Crippen LogP contribution is -2.42. The van der Waals surface area contributed by atoms with Crippen LogP contribution >= 0.6 is 0 Å². The van der Waals surface area contributed by atoms with Gasteiger partial charge in [-0.1, -0.05) is 43.2 Å². The molecule has 0 saturated carbocycles. The van der Waals surface area contributed by atoms with E-state index in [0.717, 1.165) is 38.2 Å². The first-order valence-electron chi connectivity index (χ1n) is 9.94. The summed E-state index contributed by atoms with van der Waals surface area (Å²) in [6.45, 7) is 6.44. The third-order valence-corrected chi connectivity index (χ3v) is 4.68. The molecule has 1 aromatic carbocycles. The Labute approximate surface area is 163 Å². The standard InChI is InChI=1S/C21H34N4O2/c1-5-6-13-22-21(23-14-17-9-7-16(2)8-10-17)24-15-18-11-12-19(27-18)20(26)25(3)4/h7-10,18-19H,5-6,11-15H2,1-4H3,(H2,22,23,24).